The number of hydrogen-bond donors (Lipinski definition) is 0. The topological polar surface area (TPSA) is 33.5 Å². The van der Waals surface area contributed by atoms with Crippen LogP contribution in [0.5, 0.6) is 5.75 Å². The zero-order valence-electron chi connectivity index (χ0n) is 13.0. The van der Waals surface area contributed by atoms with E-state index in [2.05, 4.69) is 23.8 Å². The molecule has 0 aromatic carbocycles. The van der Waals surface area contributed by atoms with Gasteiger partial charge in [-0.3, -0.25) is 9.58 Å². The molecule has 2 aliphatic heterocycles. The van der Waals surface area contributed by atoms with Crippen LogP contribution in [0.15, 0.2) is 0 Å². The van der Waals surface area contributed by atoms with Gasteiger partial charge in [-0.1, -0.05) is 0 Å². The number of ether oxygens (including phenoxy) is 1. The predicted octanol–water partition coefficient (Wildman–Crippen LogP) is 2.12. The second kappa shape index (κ2) is 5.33. The van der Waals surface area contributed by atoms with Crippen LogP contribution in [0.3, 0.4) is 0 Å². The molecule has 22 heavy (non-hydrogen) atoms. The van der Waals surface area contributed by atoms with Crippen LogP contribution in [0, 0.1) is 0 Å². The second-order valence-corrected chi connectivity index (χ2v) is 6.20. The van der Waals surface area contributed by atoms with Crippen LogP contribution >= 0.6 is 0 Å². The number of nitrogens with zero attached hydrogens (tertiary/aromatic N) is 4. The quantitative estimate of drug-likeness (QED) is 0.794. The summed E-state index contributed by atoms with van der Waals surface area (Å²) in [4.78, 5) is 4.33. The van der Waals surface area contributed by atoms with Gasteiger partial charge in [-0.25, -0.2) is 0 Å². The minimum atomic E-state index is -4.46. The Morgan fingerprint density at radius 2 is 2.00 bits per heavy atom. The van der Waals surface area contributed by atoms with Crippen LogP contribution in [0.1, 0.15) is 26.0 Å². The maximum Gasteiger partial charge on any atom is 0.436 e. The van der Waals surface area contributed by atoms with Gasteiger partial charge in [0.1, 0.15) is 0 Å². The third kappa shape index (κ3) is 2.53. The molecule has 3 heterocycles. The Bertz CT molecular complexity index is 555. The van der Waals surface area contributed by atoms with Crippen molar-refractivity contribution < 1.29 is 17.9 Å². The van der Waals surface area contributed by atoms with Crippen molar-refractivity contribution in [2.24, 2.45) is 7.05 Å². The van der Waals surface area contributed by atoms with E-state index >= 15 is 0 Å². The van der Waals surface area contributed by atoms with E-state index in [4.69, 9.17) is 4.74 Å². The number of halogens is 3. The Morgan fingerprint density at radius 1 is 1.27 bits per heavy atom. The molecule has 8 heteroatoms. The van der Waals surface area contributed by atoms with Crippen molar-refractivity contribution in [3.63, 3.8) is 0 Å². The molecule has 0 aliphatic carbocycles. The number of fused-ring (bicyclic) bond motifs is 3. The Kier molecular flexibility index (Phi) is 3.74. The van der Waals surface area contributed by atoms with E-state index in [1.165, 1.54) is 7.05 Å². The predicted molar refractivity (Wildman–Crippen MR) is 76.2 cm³/mol. The highest BCUT2D eigenvalue weighted by atomic mass is 19.4. The van der Waals surface area contributed by atoms with E-state index in [0.29, 0.717) is 24.8 Å². The maximum absolute atomic E-state index is 13.2. The van der Waals surface area contributed by atoms with Gasteiger partial charge in [-0.05, 0) is 13.8 Å². The maximum atomic E-state index is 13.2. The monoisotopic (exact) mass is 318 g/mol. The molecule has 0 amide bonds. The van der Waals surface area contributed by atoms with E-state index in [0.717, 1.165) is 17.8 Å². The van der Waals surface area contributed by atoms with Gasteiger partial charge in [0.05, 0.1) is 6.61 Å². The minimum absolute atomic E-state index is 0.115. The fourth-order valence-electron chi connectivity index (χ4n) is 3.29. The Hall–Kier alpha value is -1.44. The molecule has 0 bridgehead atoms. The molecule has 124 valence electrons. The highest BCUT2D eigenvalue weighted by Gasteiger charge is 2.44. The smallest absolute Gasteiger partial charge is 0.436 e. The Balaban J connectivity index is 1.96. The van der Waals surface area contributed by atoms with Crippen molar-refractivity contribution in [2.75, 3.05) is 31.1 Å². The molecule has 1 aromatic rings. The van der Waals surface area contributed by atoms with Gasteiger partial charge in [0, 0.05) is 45.2 Å². The number of aryl methyl sites for hydroxylation is 1. The van der Waals surface area contributed by atoms with E-state index in [9.17, 15) is 13.2 Å². The molecule has 1 aromatic heterocycles. The van der Waals surface area contributed by atoms with E-state index in [1.54, 1.807) is 0 Å². The lowest BCUT2D eigenvalue weighted by molar-refractivity contribution is -0.145. The number of rotatable bonds is 1. The number of anilines is 1. The lowest BCUT2D eigenvalue weighted by Crippen LogP contribution is -2.55. The lowest BCUT2D eigenvalue weighted by atomic mass is 10.1. The summed E-state index contributed by atoms with van der Waals surface area (Å²) in [6.07, 6.45) is -3.75. The highest BCUT2D eigenvalue weighted by molar-refractivity contribution is 5.58. The van der Waals surface area contributed by atoms with Crippen LogP contribution < -0.4 is 9.64 Å². The molecule has 2 aliphatic rings. The average Bonchev–Trinajstić information content (AvgIpc) is 2.65. The number of hydrogen-bond acceptors (Lipinski definition) is 4. The molecular weight excluding hydrogens is 297 g/mol. The summed E-state index contributed by atoms with van der Waals surface area (Å²) in [5, 5.41) is 4.11. The van der Waals surface area contributed by atoms with Crippen molar-refractivity contribution >= 4 is 5.82 Å². The molecule has 1 fully saturated rings. The fourth-order valence-corrected chi connectivity index (χ4v) is 3.29. The first-order valence-corrected chi connectivity index (χ1v) is 7.56. The first kappa shape index (κ1) is 15.5. The summed E-state index contributed by atoms with van der Waals surface area (Å²) in [6, 6.07) is 0.577. The first-order valence-electron chi connectivity index (χ1n) is 7.56. The van der Waals surface area contributed by atoms with Crippen molar-refractivity contribution in [1.29, 1.82) is 0 Å². The third-order valence-electron chi connectivity index (χ3n) is 4.47. The van der Waals surface area contributed by atoms with Gasteiger partial charge in [-0.15, -0.1) is 0 Å². The molecule has 1 atom stereocenters. The number of aromatic nitrogens is 2. The van der Waals surface area contributed by atoms with Crippen molar-refractivity contribution in [3.8, 4) is 5.75 Å². The molecule has 0 radical (unpaired) electrons. The van der Waals surface area contributed by atoms with Gasteiger partial charge in [0.25, 0.3) is 0 Å². The molecule has 1 unspecified atom stereocenters. The van der Waals surface area contributed by atoms with Crippen LogP contribution in [0.4, 0.5) is 19.0 Å². The van der Waals surface area contributed by atoms with Gasteiger partial charge in [0.2, 0.25) is 0 Å². The zero-order valence-corrected chi connectivity index (χ0v) is 13.0. The first-order chi connectivity index (χ1) is 10.3. The summed E-state index contributed by atoms with van der Waals surface area (Å²) in [5.41, 5.74) is -0.797. The van der Waals surface area contributed by atoms with E-state index in [-0.39, 0.29) is 18.4 Å². The molecule has 0 spiro atoms. The number of piperazine rings is 1. The standard InChI is InChI=1S/C14H21F3N4O/c1-9(2)20-5-6-21-10(8-20)4-7-22-11-12(14(15,16)17)19(3)18-13(11)21/h9-10H,4-8H2,1-3H3. The second-order valence-electron chi connectivity index (χ2n) is 6.20. The van der Waals surface area contributed by atoms with Crippen LogP contribution in [0.25, 0.3) is 0 Å². The van der Waals surface area contributed by atoms with Crippen LogP contribution in [0.2, 0.25) is 0 Å². The molecule has 1 saturated heterocycles. The summed E-state index contributed by atoms with van der Waals surface area (Å²) in [6.45, 7) is 6.89. The molecule has 0 saturated carbocycles. The van der Waals surface area contributed by atoms with E-state index < -0.39 is 11.9 Å². The molecule has 0 N–H and O–H groups in total. The normalized spacial score (nSPS) is 23.0. The minimum Gasteiger partial charge on any atom is -0.488 e. The average molecular weight is 318 g/mol. The van der Waals surface area contributed by atoms with Crippen molar-refractivity contribution in [1.82, 2.24) is 14.7 Å². The molecular formula is C14H21F3N4O. The van der Waals surface area contributed by atoms with E-state index in [1.807, 2.05) is 4.90 Å². The van der Waals surface area contributed by atoms with Crippen molar-refractivity contribution in [2.45, 2.75) is 38.5 Å². The third-order valence-corrected chi connectivity index (χ3v) is 4.47. The summed E-state index contributed by atoms with van der Waals surface area (Å²) < 4.78 is 46.0. The van der Waals surface area contributed by atoms with Crippen LogP contribution in [-0.4, -0.2) is 53.0 Å². The van der Waals surface area contributed by atoms with Crippen LogP contribution in [-0.2, 0) is 13.2 Å². The fraction of sp³-hybridized carbons (Fsp3) is 0.786. The van der Waals surface area contributed by atoms with Crippen molar-refractivity contribution in [3.05, 3.63) is 5.69 Å². The van der Waals surface area contributed by atoms with Gasteiger partial charge in [-0.2, -0.15) is 18.3 Å². The number of alkyl halides is 3. The van der Waals surface area contributed by atoms with Gasteiger partial charge >= 0.3 is 6.18 Å². The zero-order chi connectivity index (χ0) is 16.1. The summed E-state index contributed by atoms with van der Waals surface area (Å²) in [5.74, 6) is 0.219. The summed E-state index contributed by atoms with van der Waals surface area (Å²) >= 11 is 0. The highest BCUT2D eigenvalue weighted by Crippen LogP contribution is 2.43. The molecule has 5 nitrogen and oxygen atoms in total. The Morgan fingerprint density at radius 3 is 2.64 bits per heavy atom. The summed E-state index contributed by atoms with van der Waals surface area (Å²) in [7, 11) is 1.32. The molecule has 3 rings (SSSR count). The lowest BCUT2D eigenvalue weighted by Gasteiger charge is -2.42. The SMILES string of the molecule is CC(C)N1CCN2c3nn(C)c(C(F)(F)F)c3OCCC2C1. The van der Waals surface area contributed by atoms with Gasteiger partial charge in [0.15, 0.2) is 17.3 Å². The largest absolute Gasteiger partial charge is 0.488 e. The Labute approximate surface area is 127 Å². The van der Waals surface area contributed by atoms with Gasteiger partial charge < -0.3 is 9.64 Å².